The molecule has 0 radical (unpaired) electrons. The Labute approximate surface area is 191 Å². The van der Waals surface area contributed by atoms with Crippen LogP contribution in [0.3, 0.4) is 0 Å². The maximum absolute atomic E-state index is 12.8. The van der Waals surface area contributed by atoms with E-state index in [1.165, 1.54) is 19.2 Å². The lowest BCUT2D eigenvalue weighted by molar-refractivity contribution is -0.141. The Morgan fingerprint density at radius 1 is 0.970 bits per heavy atom. The van der Waals surface area contributed by atoms with Crippen LogP contribution in [0.25, 0.3) is 11.1 Å². The van der Waals surface area contributed by atoms with Crippen molar-refractivity contribution >= 4 is 5.97 Å². The molecular weight excluding hydrogens is 429 g/mol. The van der Waals surface area contributed by atoms with E-state index in [-0.39, 0.29) is 18.3 Å². The smallest absolute Gasteiger partial charge is 0.416 e. The standard InChI is InChI=1S/C27H25F3O3/c1-3-5-22(17-26(31)32-2)21-10-14-25(15-11-21)33-18-19-6-4-7-23(16-19)20-8-12-24(13-9-20)27(28,29)30/h3-16,22H,17-18H2,1-2H3/b5-3-/t22-/m0/s1. The minimum Gasteiger partial charge on any atom is -0.489 e. The molecule has 6 heteroatoms. The highest BCUT2D eigenvalue weighted by Crippen LogP contribution is 2.31. The molecule has 0 aliphatic rings. The molecule has 0 heterocycles. The summed E-state index contributed by atoms with van der Waals surface area (Å²) >= 11 is 0. The van der Waals surface area contributed by atoms with Crippen LogP contribution in [0.4, 0.5) is 13.2 Å². The quantitative estimate of drug-likeness (QED) is 0.267. The zero-order valence-corrected chi connectivity index (χ0v) is 18.4. The molecule has 172 valence electrons. The summed E-state index contributed by atoms with van der Waals surface area (Å²) in [6.07, 6.45) is -0.227. The summed E-state index contributed by atoms with van der Waals surface area (Å²) in [6.45, 7) is 2.22. The first-order chi connectivity index (χ1) is 15.8. The number of benzene rings is 3. The molecule has 0 spiro atoms. The maximum atomic E-state index is 12.8. The van der Waals surface area contributed by atoms with Crippen molar-refractivity contribution in [2.75, 3.05) is 7.11 Å². The van der Waals surface area contributed by atoms with Gasteiger partial charge in [-0.3, -0.25) is 4.79 Å². The zero-order chi connectivity index (χ0) is 23.8. The van der Waals surface area contributed by atoms with Crippen LogP contribution in [0.1, 0.15) is 36.0 Å². The number of allylic oxidation sites excluding steroid dienone is 2. The highest BCUT2D eigenvalue weighted by molar-refractivity contribution is 5.70. The average Bonchev–Trinajstić information content (AvgIpc) is 2.82. The molecule has 0 aromatic heterocycles. The number of methoxy groups -OCH3 is 1. The van der Waals surface area contributed by atoms with Crippen molar-refractivity contribution in [1.82, 2.24) is 0 Å². The van der Waals surface area contributed by atoms with Gasteiger partial charge in [-0.25, -0.2) is 0 Å². The van der Waals surface area contributed by atoms with E-state index < -0.39 is 11.7 Å². The van der Waals surface area contributed by atoms with E-state index >= 15 is 0 Å². The summed E-state index contributed by atoms with van der Waals surface area (Å²) in [5, 5.41) is 0. The molecule has 0 aliphatic carbocycles. The third kappa shape index (κ3) is 6.72. The lowest BCUT2D eigenvalue weighted by Gasteiger charge is -2.13. The molecule has 1 atom stereocenters. The summed E-state index contributed by atoms with van der Waals surface area (Å²) < 4.78 is 49.0. The van der Waals surface area contributed by atoms with Crippen LogP contribution in [0.2, 0.25) is 0 Å². The molecule has 3 nitrogen and oxygen atoms in total. The van der Waals surface area contributed by atoms with Crippen LogP contribution in [0.15, 0.2) is 84.9 Å². The fraction of sp³-hybridized carbons (Fsp3) is 0.222. The van der Waals surface area contributed by atoms with Crippen molar-refractivity contribution in [1.29, 1.82) is 0 Å². The lowest BCUT2D eigenvalue weighted by Crippen LogP contribution is -2.07. The van der Waals surface area contributed by atoms with E-state index in [1.807, 2.05) is 67.6 Å². The minimum atomic E-state index is -4.35. The topological polar surface area (TPSA) is 35.5 Å². The number of ether oxygens (including phenoxy) is 2. The molecule has 0 saturated heterocycles. The summed E-state index contributed by atoms with van der Waals surface area (Å²) in [6, 6.07) is 20.1. The summed E-state index contributed by atoms with van der Waals surface area (Å²) in [4.78, 5) is 11.7. The van der Waals surface area contributed by atoms with Crippen molar-refractivity contribution in [2.45, 2.75) is 32.0 Å². The van der Waals surface area contributed by atoms with Crippen LogP contribution in [-0.4, -0.2) is 13.1 Å². The molecular formula is C27H25F3O3. The molecule has 3 aromatic rings. The normalized spacial score (nSPS) is 12.5. The molecule has 0 amide bonds. The molecule has 3 rings (SSSR count). The molecule has 33 heavy (non-hydrogen) atoms. The number of hydrogen-bond acceptors (Lipinski definition) is 3. The van der Waals surface area contributed by atoms with E-state index in [1.54, 1.807) is 0 Å². The maximum Gasteiger partial charge on any atom is 0.416 e. The Balaban J connectivity index is 1.66. The van der Waals surface area contributed by atoms with Gasteiger partial charge in [-0.1, -0.05) is 54.6 Å². The molecule has 0 fully saturated rings. The number of rotatable bonds is 8. The molecule has 0 bridgehead atoms. The summed E-state index contributed by atoms with van der Waals surface area (Å²) in [5.74, 6) is 0.333. The van der Waals surface area contributed by atoms with Crippen LogP contribution in [0.5, 0.6) is 5.75 Å². The average molecular weight is 454 g/mol. The second-order valence-electron chi connectivity index (χ2n) is 7.55. The van der Waals surface area contributed by atoms with Gasteiger partial charge < -0.3 is 9.47 Å². The van der Waals surface area contributed by atoms with E-state index in [4.69, 9.17) is 9.47 Å². The summed E-state index contributed by atoms with van der Waals surface area (Å²) in [5.41, 5.74) is 2.73. The van der Waals surface area contributed by atoms with Crippen LogP contribution in [-0.2, 0) is 22.3 Å². The molecule has 0 N–H and O–H groups in total. The highest BCUT2D eigenvalue weighted by Gasteiger charge is 2.29. The Kier molecular flexibility index (Phi) is 7.93. The van der Waals surface area contributed by atoms with E-state index in [2.05, 4.69) is 0 Å². The number of carbonyl (C=O) groups is 1. The minimum absolute atomic E-state index is 0.0723. The Morgan fingerprint density at radius 2 is 1.67 bits per heavy atom. The third-order valence-corrected chi connectivity index (χ3v) is 5.23. The number of alkyl halides is 3. The first kappa shape index (κ1) is 24.1. The largest absolute Gasteiger partial charge is 0.489 e. The van der Waals surface area contributed by atoms with Crippen LogP contribution < -0.4 is 4.74 Å². The Morgan fingerprint density at radius 3 is 2.27 bits per heavy atom. The van der Waals surface area contributed by atoms with Crippen molar-refractivity contribution in [3.63, 3.8) is 0 Å². The highest BCUT2D eigenvalue weighted by atomic mass is 19.4. The van der Waals surface area contributed by atoms with Crippen molar-refractivity contribution in [3.8, 4) is 16.9 Å². The monoisotopic (exact) mass is 454 g/mol. The van der Waals surface area contributed by atoms with Gasteiger partial charge in [-0.15, -0.1) is 0 Å². The predicted molar refractivity (Wildman–Crippen MR) is 122 cm³/mol. The fourth-order valence-corrected chi connectivity index (χ4v) is 3.46. The van der Waals surface area contributed by atoms with E-state index in [9.17, 15) is 18.0 Å². The zero-order valence-electron chi connectivity index (χ0n) is 18.4. The number of esters is 1. The van der Waals surface area contributed by atoms with Gasteiger partial charge in [0.15, 0.2) is 0 Å². The summed E-state index contributed by atoms with van der Waals surface area (Å²) in [7, 11) is 1.37. The number of carbonyl (C=O) groups excluding carboxylic acids is 1. The lowest BCUT2D eigenvalue weighted by atomic mass is 9.95. The Bertz CT molecular complexity index is 1080. The van der Waals surface area contributed by atoms with Gasteiger partial charge in [-0.2, -0.15) is 13.2 Å². The van der Waals surface area contributed by atoms with Gasteiger partial charge in [0, 0.05) is 5.92 Å². The number of hydrogen-bond donors (Lipinski definition) is 0. The predicted octanol–water partition coefficient (Wildman–Crippen LogP) is 7.17. The number of halogens is 3. The van der Waals surface area contributed by atoms with Crippen molar-refractivity contribution in [2.24, 2.45) is 0 Å². The molecule has 0 saturated carbocycles. The fourth-order valence-electron chi connectivity index (χ4n) is 3.46. The third-order valence-electron chi connectivity index (χ3n) is 5.23. The van der Waals surface area contributed by atoms with Gasteiger partial charge in [-0.05, 0) is 59.5 Å². The van der Waals surface area contributed by atoms with Gasteiger partial charge >= 0.3 is 12.1 Å². The van der Waals surface area contributed by atoms with E-state index in [0.717, 1.165) is 28.8 Å². The van der Waals surface area contributed by atoms with Gasteiger partial charge in [0.25, 0.3) is 0 Å². The van der Waals surface area contributed by atoms with Gasteiger partial charge in [0.1, 0.15) is 12.4 Å². The molecule has 0 unspecified atom stereocenters. The Hall–Kier alpha value is -3.54. The van der Waals surface area contributed by atoms with Gasteiger partial charge in [0.05, 0.1) is 19.1 Å². The molecule has 0 aliphatic heterocycles. The first-order valence-corrected chi connectivity index (χ1v) is 10.5. The molecule has 3 aromatic carbocycles. The SMILES string of the molecule is C/C=C\[C@@H](CC(=O)OC)c1ccc(OCc2cccc(-c3ccc(C(F)(F)F)cc3)c2)cc1. The van der Waals surface area contributed by atoms with Crippen molar-refractivity contribution < 1.29 is 27.4 Å². The van der Waals surface area contributed by atoms with Crippen molar-refractivity contribution in [3.05, 3.63) is 102 Å². The second kappa shape index (κ2) is 10.9. The second-order valence-corrected chi connectivity index (χ2v) is 7.55. The van der Waals surface area contributed by atoms with Crippen LogP contribution in [0, 0.1) is 0 Å². The van der Waals surface area contributed by atoms with Gasteiger partial charge in [0.2, 0.25) is 0 Å². The van der Waals surface area contributed by atoms with E-state index in [0.29, 0.717) is 17.9 Å². The van der Waals surface area contributed by atoms with Crippen LogP contribution >= 0.6 is 0 Å². The first-order valence-electron chi connectivity index (χ1n) is 10.5.